The third kappa shape index (κ3) is 11.7. The Kier molecular flexibility index (Phi) is 6.85. The topological polar surface area (TPSA) is 18.5 Å². The second kappa shape index (κ2) is 7.02. The molecule has 2 nitrogen and oxygen atoms in total. The lowest BCUT2D eigenvalue weighted by molar-refractivity contribution is 0.0881. The molecular weight excluding hydrogens is 176 g/mol. The lowest BCUT2D eigenvalue weighted by atomic mass is 9.99. The van der Waals surface area contributed by atoms with Crippen molar-refractivity contribution in [3.8, 4) is 0 Å². The van der Waals surface area contributed by atoms with Crippen molar-refractivity contribution in [1.82, 2.24) is 0 Å². The maximum atomic E-state index is 5.46. The van der Waals surface area contributed by atoms with E-state index in [2.05, 4.69) is 20.8 Å². The summed E-state index contributed by atoms with van der Waals surface area (Å²) in [5, 5.41) is 0. The molecule has 0 radical (unpaired) electrons. The quantitative estimate of drug-likeness (QED) is 0.484. The van der Waals surface area contributed by atoms with Crippen LogP contribution in [0.4, 0.5) is 0 Å². The van der Waals surface area contributed by atoms with Gasteiger partial charge in [-0.25, -0.2) is 0 Å². The van der Waals surface area contributed by atoms with E-state index in [1.54, 1.807) is 0 Å². The molecule has 0 saturated heterocycles. The van der Waals surface area contributed by atoms with Crippen LogP contribution in [0.25, 0.3) is 0 Å². The standard InChI is InChI=1S/C12H24O2/c1-11(2)14-9-7-6-8-13-10-12(3,4)5/h6-7,11H,8-10H2,1-5H3. The van der Waals surface area contributed by atoms with E-state index in [0.717, 1.165) is 6.61 Å². The van der Waals surface area contributed by atoms with Crippen LogP contribution < -0.4 is 0 Å². The van der Waals surface area contributed by atoms with Crippen LogP contribution in [-0.2, 0) is 9.47 Å². The van der Waals surface area contributed by atoms with Crippen molar-refractivity contribution in [2.45, 2.75) is 40.7 Å². The van der Waals surface area contributed by atoms with Gasteiger partial charge >= 0.3 is 0 Å². The lowest BCUT2D eigenvalue weighted by Gasteiger charge is -2.16. The Morgan fingerprint density at radius 1 is 1.07 bits per heavy atom. The van der Waals surface area contributed by atoms with Gasteiger partial charge in [-0.1, -0.05) is 32.9 Å². The molecule has 0 fully saturated rings. The summed E-state index contributed by atoms with van der Waals surface area (Å²) in [6.07, 6.45) is 4.31. The monoisotopic (exact) mass is 200 g/mol. The molecular formula is C12H24O2. The lowest BCUT2D eigenvalue weighted by Crippen LogP contribution is -2.14. The molecule has 0 heterocycles. The summed E-state index contributed by atoms with van der Waals surface area (Å²) in [6.45, 7) is 12.7. The maximum absolute atomic E-state index is 5.46. The molecule has 0 spiro atoms. The molecule has 14 heavy (non-hydrogen) atoms. The number of hydrogen-bond donors (Lipinski definition) is 0. The van der Waals surface area contributed by atoms with E-state index in [1.807, 2.05) is 26.0 Å². The van der Waals surface area contributed by atoms with Gasteiger partial charge in [0.25, 0.3) is 0 Å². The van der Waals surface area contributed by atoms with Gasteiger partial charge in [0, 0.05) is 0 Å². The number of ether oxygens (including phenoxy) is 2. The van der Waals surface area contributed by atoms with Crippen LogP contribution in [0.2, 0.25) is 0 Å². The summed E-state index contributed by atoms with van der Waals surface area (Å²) in [7, 11) is 0. The van der Waals surface area contributed by atoms with Gasteiger partial charge in [0.1, 0.15) is 0 Å². The molecule has 0 bridgehead atoms. The molecule has 0 saturated carbocycles. The van der Waals surface area contributed by atoms with Crippen molar-refractivity contribution in [2.75, 3.05) is 19.8 Å². The smallest absolute Gasteiger partial charge is 0.0651 e. The van der Waals surface area contributed by atoms with Crippen molar-refractivity contribution >= 4 is 0 Å². The second-order valence-corrected chi connectivity index (χ2v) is 4.93. The van der Waals surface area contributed by atoms with Crippen LogP contribution in [0.3, 0.4) is 0 Å². The van der Waals surface area contributed by atoms with Gasteiger partial charge in [-0.2, -0.15) is 0 Å². The Bertz CT molecular complexity index is 154. The Hall–Kier alpha value is -0.340. The molecule has 0 rings (SSSR count). The Morgan fingerprint density at radius 3 is 2.14 bits per heavy atom. The Balaban J connectivity index is 3.28. The van der Waals surface area contributed by atoms with E-state index in [-0.39, 0.29) is 5.41 Å². The first kappa shape index (κ1) is 13.7. The first-order valence-corrected chi connectivity index (χ1v) is 5.26. The maximum Gasteiger partial charge on any atom is 0.0651 e. The minimum atomic E-state index is 0.252. The van der Waals surface area contributed by atoms with Gasteiger partial charge in [-0.3, -0.25) is 0 Å². The van der Waals surface area contributed by atoms with Gasteiger partial charge < -0.3 is 9.47 Å². The molecule has 0 aliphatic rings. The normalized spacial score (nSPS) is 13.0. The van der Waals surface area contributed by atoms with Crippen LogP contribution in [-0.4, -0.2) is 25.9 Å². The number of rotatable bonds is 6. The summed E-state index contributed by atoms with van der Waals surface area (Å²) in [5.74, 6) is 0. The first-order chi connectivity index (χ1) is 6.42. The van der Waals surface area contributed by atoms with E-state index in [0.29, 0.717) is 19.3 Å². The zero-order valence-electron chi connectivity index (χ0n) is 10.2. The first-order valence-electron chi connectivity index (χ1n) is 5.26. The average molecular weight is 200 g/mol. The third-order valence-corrected chi connectivity index (χ3v) is 1.44. The molecule has 0 N–H and O–H groups in total. The summed E-state index contributed by atoms with van der Waals surface area (Å²) >= 11 is 0. The van der Waals surface area contributed by atoms with E-state index >= 15 is 0 Å². The van der Waals surface area contributed by atoms with Gasteiger partial charge in [0.2, 0.25) is 0 Å². The summed E-state index contributed by atoms with van der Waals surface area (Å²) in [6, 6.07) is 0. The van der Waals surface area contributed by atoms with E-state index in [1.165, 1.54) is 0 Å². The SMILES string of the molecule is CC(C)OCC=CCOCC(C)(C)C. The minimum Gasteiger partial charge on any atom is -0.377 e. The highest BCUT2D eigenvalue weighted by atomic mass is 16.5. The zero-order valence-corrected chi connectivity index (χ0v) is 10.2. The van der Waals surface area contributed by atoms with Crippen molar-refractivity contribution in [3.05, 3.63) is 12.2 Å². The van der Waals surface area contributed by atoms with Gasteiger partial charge in [-0.05, 0) is 19.3 Å². The van der Waals surface area contributed by atoms with Crippen LogP contribution in [0, 0.1) is 5.41 Å². The molecule has 0 unspecified atom stereocenters. The van der Waals surface area contributed by atoms with Crippen molar-refractivity contribution in [3.63, 3.8) is 0 Å². The molecule has 0 aromatic heterocycles. The Labute approximate surface area is 88.3 Å². The van der Waals surface area contributed by atoms with Crippen molar-refractivity contribution in [1.29, 1.82) is 0 Å². The summed E-state index contributed by atoms with van der Waals surface area (Å²) in [4.78, 5) is 0. The van der Waals surface area contributed by atoms with Crippen LogP contribution in [0.5, 0.6) is 0 Å². The highest BCUT2D eigenvalue weighted by molar-refractivity contribution is 4.81. The van der Waals surface area contributed by atoms with E-state index < -0.39 is 0 Å². The fourth-order valence-electron chi connectivity index (χ4n) is 0.817. The van der Waals surface area contributed by atoms with Crippen LogP contribution in [0.1, 0.15) is 34.6 Å². The van der Waals surface area contributed by atoms with E-state index in [4.69, 9.17) is 9.47 Å². The molecule has 0 aliphatic heterocycles. The summed E-state index contributed by atoms with van der Waals surface area (Å²) < 4.78 is 10.8. The van der Waals surface area contributed by atoms with Gasteiger partial charge in [0.15, 0.2) is 0 Å². The average Bonchev–Trinajstić information content (AvgIpc) is 2.00. The molecule has 0 aromatic carbocycles. The van der Waals surface area contributed by atoms with Gasteiger partial charge in [-0.15, -0.1) is 0 Å². The number of hydrogen-bond acceptors (Lipinski definition) is 2. The predicted molar refractivity (Wildman–Crippen MR) is 60.5 cm³/mol. The van der Waals surface area contributed by atoms with Crippen molar-refractivity contribution < 1.29 is 9.47 Å². The second-order valence-electron chi connectivity index (χ2n) is 4.93. The molecule has 0 aromatic rings. The van der Waals surface area contributed by atoms with Gasteiger partial charge in [0.05, 0.1) is 25.9 Å². The highest BCUT2D eigenvalue weighted by Crippen LogP contribution is 2.12. The largest absolute Gasteiger partial charge is 0.377 e. The molecule has 0 atom stereocenters. The summed E-state index contributed by atoms with van der Waals surface area (Å²) in [5.41, 5.74) is 0.252. The predicted octanol–water partition coefficient (Wildman–Crippen LogP) is 3.03. The minimum absolute atomic E-state index is 0.252. The van der Waals surface area contributed by atoms with E-state index in [9.17, 15) is 0 Å². The molecule has 2 heteroatoms. The fourth-order valence-corrected chi connectivity index (χ4v) is 0.817. The Morgan fingerprint density at radius 2 is 1.64 bits per heavy atom. The molecule has 0 aliphatic carbocycles. The highest BCUT2D eigenvalue weighted by Gasteiger charge is 2.08. The molecule has 0 amide bonds. The van der Waals surface area contributed by atoms with Crippen LogP contribution in [0.15, 0.2) is 12.2 Å². The molecule has 84 valence electrons. The third-order valence-electron chi connectivity index (χ3n) is 1.44. The van der Waals surface area contributed by atoms with Crippen molar-refractivity contribution in [2.24, 2.45) is 5.41 Å². The zero-order chi connectivity index (χ0) is 11.0. The van der Waals surface area contributed by atoms with Crippen LogP contribution >= 0.6 is 0 Å². The fraction of sp³-hybridized carbons (Fsp3) is 0.833.